The van der Waals surface area contributed by atoms with Crippen LogP contribution in [0.3, 0.4) is 0 Å². The smallest absolute Gasteiger partial charge is 0.223 e. The summed E-state index contributed by atoms with van der Waals surface area (Å²) in [6, 6.07) is 9.65. The molecule has 3 N–H and O–H groups in total. The Morgan fingerprint density at radius 3 is 2.76 bits per heavy atom. The van der Waals surface area contributed by atoms with Crippen molar-refractivity contribution in [2.45, 2.75) is 32.3 Å². The molecule has 5 heteroatoms. The Bertz CT molecular complexity index is 428. The van der Waals surface area contributed by atoms with Gasteiger partial charge in [0.25, 0.3) is 0 Å². The van der Waals surface area contributed by atoms with Gasteiger partial charge in [-0.05, 0) is 44.4 Å². The highest BCUT2D eigenvalue weighted by atomic mass is 35.5. The van der Waals surface area contributed by atoms with Crippen molar-refractivity contribution in [2.75, 3.05) is 13.1 Å². The largest absolute Gasteiger partial charge is 0.489 e. The number of amides is 1. The minimum atomic E-state index is -0.0425. The van der Waals surface area contributed by atoms with E-state index in [-0.39, 0.29) is 30.3 Å². The fraction of sp³-hybridized carbons (Fsp3) is 0.562. The molecule has 1 saturated carbocycles. The Morgan fingerprint density at radius 2 is 2.10 bits per heavy atom. The maximum Gasteiger partial charge on any atom is 0.223 e. The van der Waals surface area contributed by atoms with Gasteiger partial charge in [0.1, 0.15) is 11.9 Å². The van der Waals surface area contributed by atoms with Crippen LogP contribution in [0.4, 0.5) is 0 Å². The SMILES string of the molecule is CC(CNC(=O)[C@@H]1CCC[C@@H]1CN)Oc1ccccc1.Cl. The Labute approximate surface area is 132 Å². The van der Waals surface area contributed by atoms with E-state index in [1.54, 1.807) is 0 Å². The average Bonchev–Trinajstić information content (AvgIpc) is 2.94. The van der Waals surface area contributed by atoms with Crippen LogP contribution in [0.15, 0.2) is 30.3 Å². The molecule has 0 spiro atoms. The zero-order chi connectivity index (χ0) is 14.4. The molecule has 1 amide bonds. The second-order valence-corrected chi connectivity index (χ2v) is 5.52. The van der Waals surface area contributed by atoms with E-state index >= 15 is 0 Å². The average molecular weight is 313 g/mol. The summed E-state index contributed by atoms with van der Waals surface area (Å²) in [5.41, 5.74) is 5.72. The van der Waals surface area contributed by atoms with Crippen molar-refractivity contribution < 1.29 is 9.53 Å². The van der Waals surface area contributed by atoms with Crippen LogP contribution in [0.1, 0.15) is 26.2 Å². The lowest BCUT2D eigenvalue weighted by atomic mass is 9.95. The van der Waals surface area contributed by atoms with Crippen molar-refractivity contribution >= 4 is 18.3 Å². The molecule has 1 aliphatic carbocycles. The summed E-state index contributed by atoms with van der Waals surface area (Å²) in [4.78, 5) is 12.1. The number of carbonyl (C=O) groups excluding carboxylic acids is 1. The second kappa shape index (κ2) is 8.90. The third kappa shape index (κ3) is 5.21. The molecule has 1 fully saturated rings. The molecule has 1 aromatic rings. The van der Waals surface area contributed by atoms with Crippen LogP contribution in [0, 0.1) is 11.8 Å². The van der Waals surface area contributed by atoms with Gasteiger partial charge in [-0.25, -0.2) is 0 Å². The minimum Gasteiger partial charge on any atom is -0.489 e. The first-order valence-corrected chi connectivity index (χ1v) is 7.40. The standard InChI is InChI=1S/C16H24N2O2.ClH/c1-12(20-14-7-3-2-4-8-14)11-18-16(19)15-9-5-6-13(15)10-17;/h2-4,7-8,12-13,15H,5-6,9-11,17H2,1H3,(H,18,19);1H/t12?,13-,15-;/m1./s1. The molecule has 0 aromatic heterocycles. The van der Waals surface area contributed by atoms with E-state index in [0.29, 0.717) is 19.0 Å². The molecule has 1 aromatic carbocycles. The summed E-state index contributed by atoms with van der Waals surface area (Å²) in [5.74, 6) is 1.39. The van der Waals surface area contributed by atoms with Crippen molar-refractivity contribution in [1.29, 1.82) is 0 Å². The fourth-order valence-corrected chi connectivity index (χ4v) is 2.81. The molecule has 21 heavy (non-hydrogen) atoms. The van der Waals surface area contributed by atoms with E-state index in [2.05, 4.69) is 5.32 Å². The molecule has 3 atom stereocenters. The maximum atomic E-state index is 12.1. The highest BCUT2D eigenvalue weighted by Crippen LogP contribution is 2.30. The number of rotatable bonds is 6. The third-order valence-electron chi connectivity index (χ3n) is 3.94. The topological polar surface area (TPSA) is 64.4 Å². The zero-order valence-electron chi connectivity index (χ0n) is 12.5. The fourth-order valence-electron chi connectivity index (χ4n) is 2.81. The van der Waals surface area contributed by atoms with Gasteiger partial charge in [-0.15, -0.1) is 12.4 Å². The number of hydrogen-bond donors (Lipinski definition) is 2. The molecule has 1 aliphatic rings. The van der Waals surface area contributed by atoms with Crippen molar-refractivity contribution in [2.24, 2.45) is 17.6 Å². The van der Waals surface area contributed by atoms with Crippen LogP contribution in [0.5, 0.6) is 5.75 Å². The first-order chi connectivity index (χ1) is 9.70. The van der Waals surface area contributed by atoms with E-state index in [9.17, 15) is 4.79 Å². The van der Waals surface area contributed by atoms with E-state index in [1.807, 2.05) is 37.3 Å². The monoisotopic (exact) mass is 312 g/mol. The van der Waals surface area contributed by atoms with Crippen molar-refractivity contribution in [3.63, 3.8) is 0 Å². The van der Waals surface area contributed by atoms with E-state index in [1.165, 1.54) is 0 Å². The Morgan fingerprint density at radius 1 is 1.38 bits per heavy atom. The van der Waals surface area contributed by atoms with Crippen LogP contribution < -0.4 is 15.8 Å². The maximum absolute atomic E-state index is 12.1. The summed E-state index contributed by atoms with van der Waals surface area (Å²) in [6.07, 6.45) is 3.10. The normalized spacial score (nSPS) is 22.2. The Balaban J connectivity index is 0.00000220. The molecular formula is C16H25ClN2O2. The highest BCUT2D eigenvalue weighted by Gasteiger charge is 2.31. The lowest BCUT2D eigenvalue weighted by Gasteiger charge is -2.20. The molecular weight excluding hydrogens is 288 g/mol. The number of nitrogens with one attached hydrogen (secondary N) is 1. The predicted molar refractivity (Wildman–Crippen MR) is 86.7 cm³/mol. The van der Waals surface area contributed by atoms with Crippen molar-refractivity contribution in [3.05, 3.63) is 30.3 Å². The van der Waals surface area contributed by atoms with Crippen LogP contribution in [0.2, 0.25) is 0 Å². The lowest BCUT2D eigenvalue weighted by Crippen LogP contribution is -2.39. The molecule has 0 heterocycles. The van der Waals surface area contributed by atoms with Crippen LogP contribution in [-0.2, 0) is 4.79 Å². The van der Waals surface area contributed by atoms with E-state index in [4.69, 9.17) is 10.5 Å². The molecule has 2 rings (SSSR count). The van der Waals surface area contributed by atoms with E-state index < -0.39 is 0 Å². The number of nitrogens with two attached hydrogens (primary N) is 1. The number of hydrogen-bond acceptors (Lipinski definition) is 3. The summed E-state index contributed by atoms with van der Waals surface area (Å²) in [5, 5.41) is 2.99. The summed E-state index contributed by atoms with van der Waals surface area (Å²) >= 11 is 0. The number of carbonyl (C=O) groups is 1. The van der Waals surface area contributed by atoms with Gasteiger partial charge >= 0.3 is 0 Å². The van der Waals surface area contributed by atoms with Gasteiger partial charge in [0.05, 0.1) is 6.54 Å². The van der Waals surface area contributed by atoms with Gasteiger partial charge in [0.15, 0.2) is 0 Å². The van der Waals surface area contributed by atoms with Gasteiger partial charge in [0.2, 0.25) is 5.91 Å². The van der Waals surface area contributed by atoms with Crippen LogP contribution >= 0.6 is 12.4 Å². The summed E-state index contributed by atoms with van der Waals surface area (Å²) < 4.78 is 5.74. The van der Waals surface area contributed by atoms with Crippen LogP contribution in [0.25, 0.3) is 0 Å². The molecule has 0 aliphatic heterocycles. The van der Waals surface area contributed by atoms with Gasteiger partial charge in [-0.3, -0.25) is 4.79 Å². The van der Waals surface area contributed by atoms with Gasteiger partial charge in [-0.2, -0.15) is 0 Å². The Kier molecular flexibility index (Phi) is 7.54. The number of halogens is 1. The molecule has 0 bridgehead atoms. The first-order valence-electron chi connectivity index (χ1n) is 7.40. The molecule has 0 radical (unpaired) electrons. The number of para-hydroxylation sites is 1. The molecule has 4 nitrogen and oxygen atoms in total. The summed E-state index contributed by atoms with van der Waals surface area (Å²) in [7, 11) is 0. The van der Waals surface area contributed by atoms with Crippen molar-refractivity contribution in [3.8, 4) is 5.75 Å². The zero-order valence-corrected chi connectivity index (χ0v) is 13.3. The molecule has 0 saturated heterocycles. The molecule has 118 valence electrons. The number of ether oxygens (including phenoxy) is 1. The van der Waals surface area contributed by atoms with Crippen molar-refractivity contribution in [1.82, 2.24) is 5.32 Å². The van der Waals surface area contributed by atoms with Gasteiger partial charge in [0, 0.05) is 5.92 Å². The predicted octanol–water partition coefficient (Wildman–Crippen LogP) is 2.37. The quantitative estimate of drug-likeness (QED) is 0.847. The Hall–Kier alpha value is -1.26. The third-order valence-corrected chi connectivity index (χ3v) is 3.94. The number of benzene rings is 1. The minimum absolute atomic E-state index is 0. The lowest BCUT2D eigenvalue weighted by molar-refractivity contribution is -0.126. The second-order valence-electron chi connectivity index (χ2n) is 5.52. The van der Waals surface area contributed by atoms with E-state index in [0.717, 1.165) is 25.0 Å². The highest BCUT2D eigenvalue weighted by molar-refractivity contribution is 5.85. The summed E-state index contributed by atoms with van der Waals surface area (Å²) in [6.45, 7) is 3.10. The van der Waals surface area contributed by atoms with Gasteiger partial charge < -0.3 is 15.8 Å². The van der Waals surface area contributed by atoms with Crippen LogP contribution in [-0.4, -0.2) is 25.1 Å². The van der Waals surface area contributed by atoms with Gasteiger partial charge in [-0.1, -0.05) is 24.6 Å². The molecule has 1 unspecified atom stereocenters. The first kappa shape index (κ1) is 17.8.